The number of nitrogens with zero attached hydrogens (tertiary/aromatic N) is 2. The van der Waals surface area contributed by atoms with Gasteiger partial charge >= 0.3 is 0 Å². The first kappa shape index (κ1) is 18.1. The number of aromatic hydroxyl groups is 1. The van der Waals surface area contributed by atoms with E-state index in [4.69, 9.17) is 0 Å². The molecule has 0 unspecified atom stereocenters. The van der Waals surface area contributed by atoms with E-state index in [0.29, 0.717) is 11.4 Å². The number of hydrogen-bond acceptors (Lipinski definition) is 3. The van der Waals surface area contributed by atoms with Crippen LogP contribution in [0.25, 0.3) is 0 Å². The molecule has 0 aliphatic carbocycles. The zero-order chi connectivity index (χ0) is 18.1. The van der Waals surface area contributed by atoms with E-state index in [1.54, 1.807) is 12.1 Å². The van der Waals surface area contributed by atoms with Crippen LogP contribution in [0.2, 0.25) is 0 Å². The lowest BCUT2D eigenvalue weighted by molar-refractivity contribution is 0.446. The average Bonchev–Trinajstić information content (AvgIpc) is 2.45. The fourth-order valence-corrected chi connectivity index (χ4v) is 2.32. The summed E-state index contributed by atoms with van der Waals surface area (Å²) in [5.74, 6) is -0.178. The van der Waals surface area contributed by atoms with Crippen LogP contribution in [0, 0.1) is 5.82 Å². The smallest absolute Gasteiger partial charge is 0.146 e. The third-order valence-corrected chi connectivity index (χ3v) is 3.86. The van der Waals surface area contributed by atoms with Gasteiger partial charge in [0, 0.05) is 5.56 Å². The lowest BCUT2D eigenvalue weighted by Crippen LogP contribution is -2.16. The Labute approximate surface area is 143 Å². The highest BCUT2D eigenvalue weighted by Gasteiger charge is 2.25. The Bertz CT molecular complexity index is 751. The normalized spacial score (nSPS) is 12.8. The highest BCUT2D eigenvalue weighted by atomic mass is 19.1. The first-order valence-corrected chi connectivity index (χ1v) is 8.04. The third kappa shape index (κ3) is 4.19. The highest BCUT2D eigenvalue weighted by molar-refractivity contribution is 5.60. The van der Waals surface area contributed by atoms with E-state index in [-0.39, 0.29) is 22.4 Å². The summed E-state index contributed by atoms with van der Waals surface area (Å²) < 4.78 is 13.0. The van der Waals surface area contributed by atoms with Crippen LogP contribution < -0.4 is 0 Å². The van der Waals surface area contributed by atoms with Gasteiger partial charge in [0.05, 0.1) is 5.69 Å². The van der Waals surface area contributed by atoms with Gasteiger partial charge in [0.25, 0.3) is 0 Å². The molecule has 24 heavy (non-hydrogen) atoms. The molecule has 2 aromatic carbocycles. The molecule has 0 atom stereocenters. The van der Waals surface area contributed by atoms with Gasteiger partial charge in [-0.25, -0.2) is 4.39 Å². The summed E-state index contributed by atoms with van der Waals surface area (Å²) in [6.07, 6.45) is 0. The van der Waals surface area contributed by atoms with Gasteiger partial charge in [0.15, 0.2) is 0 Å². The van der Waals surface area contributed by atoms with Crippen molar-refractivity contribution < 1.29 is 9.50 Å². The molecule has 0 saturated carbocycles. The number of halogens is 1. The van der Waals surface area contributed by atoms with Crippen molar-refractivity contribution in [2.24, 2.45) is 10.2 Å². The average molecular weight is 328 g/mol. The molecule has 4 heteroatoms. The summed E-state index contributed by atoms with van der Waals surface area (Å²) in [7, 11) is 0. The Morgan fingerprint density at radius 1 is 0.833 bits per heavy atom. The molecule has 0 aliphatic rings. The minimum absolute atomic E-state index is 0.0756. The fraction of sp³-hybridized carbons (Fsp3) is 0.400. The third-order valence-electron chi connectivity index (χ3n) is 3.86. The van der Waals surface area contributed by atoms with Crippen molar-refractivity contribution in [3.63, 3.8) is 0 Å². The number of azo groups is 1. The van der Waals surface area contributed by atoms with Crippen molar-refractivity contribution in [1.82, 2.24) is 0 Å². The van der Waals surface area contributed by atoms with E-state index >= 15 is 0 Å². The molecule has 0 spiro atoms. The van der Waals surface area contributed by atoms with Crippen molar-refractivity contribution in [2.45, 2.75) is 52.4 Å². The van der Waals surface area contributed by atoms with Crippen LogP contribution in [-0.2, 0) is 10.8 Å². The van der Waals surface area contributed by atoms with Crippen molar-refractivity contribution in [3.8, 4) is 5.75 Å². The Balaban J connectivity index is 2.54. The molecule has 3 nitrogen and oxygen atoms in total. The maximum Gasteiger partial charge on any atom is 0.146 e. The lowest BCUT2D eigenvalue weighted by atomic mass is 9.80. The molecule has 0 aromatic heterocycles. The van der Waals surface area contributed by atoms with E-state index in [2.05, 4.69) is 51.8 Å². The summed E-state index contributed by atoms with van der Waals surface area (Å²) in [5.41, 5.74) is 2.59. The Kier molecular flexibility index (Phi) is 4.79. The predicted octanol–water partition coefficient (Wildman–Crippen LogP) is 6.54. The van der Waals surface area contributed by atoms with Crippen molar-refractivity contribution in [2.75, 3.05) is 0 Å². The van der Waals surface area contributed by atoms with Gasteiger partial charge in [-0.15, -0.1) is 5.11 Å². The van der Waals surface area contributed by atoms with Crippen LogP contribution in [0.5, 0.6) is 5.75 Å². The SMILES string of the molecule is CC(C)(C)c1cc(N=Nc2ccc(F)cc2)c(O)c(C(C)(C)C)c1. The van der Waals surface area contributed by atoms with Gasteiger partial charge in [-0.05, 0) is 46.7 Å². The van der Waals surface area contributed by atoms with E-state index in [0.717, 1.165) is 11.1 Å². The van der Waals surface area contributed by atoms with Crippen LogP contribution in [0.4, 0.5) is 15.8 Å². The molecular formula is C20H25FN2O. The second-order valence-electron chi connectivity index (χ2n) is 8.07. The number of benzene rings is 2. The summed E-state index contributed by atoms with van der Waals surface area (Å²) in [6, 6.07) is 9.66. The van der Waals surface area contributed by atoms with Crippen molar-refractivity contribution in [1.29, 1.82) is 0 Å². The summed E-state index contributed by atoms with van der Waals surface area (Å²) >= 11 is 0. The van der Waals surface area contributed by atoms with Crippen LogP contribution in [-0.4, -0.2) is 5.11 Å². The largest absolute Gasteiger partial charge is 0.505 e. The lowest BCUT2D eigenvalue weighted by Gasteiger charge is -2.26. The van der Waals surface area contributed by atoms with Crippen molar-refractivity contribution in [3.05, 3.63) is 53.3 Å². The van der Waals surface area contributed by atoms with Crippen LogP contribution in [0.15, 0.2) is 46.6 Å². The zero-order valence-electron chi connectivity index (χ0n) is 15.2. The zero-order valence-corrected chi connectivity index (χ0v) is 15.2. The number of phenolic OH excluding ortho intramolecular Hbond substituents is 1. The standard InChI is InChI=1S/C20H25FN2O/c1-19(2,3)13-11-16(20(4,5)6)18(24)17(12-13)23-22-15-9-7-14(21)8-10-15/h7-12,24H,1-6H3. The molecule has 2 rings (SSSR count). The van der Waals surface area contributed by atoms with Gasteiger partial charge in [0.1, 0.15) is 17.3 Å². The van der Waals surface area contributed by atoms with Crippen LogP contribution >= 0.6 is 0 Å². The fourth-order valence-electron chi connectivity index (χ4n) is 2.32. The van der Waals surface area contributed by atoms with Gasteiger partial charge in [-0.1, -0.05) is 47.6 Å². The van der Waals surface area contributed by atoms with E-state index in [1.807, 2.05) is 12.1 Å². The molecule has 1 N–H and O–H groups in total. The minimum Gasteiger partial charge on any atom is -0.505 e. The second-order valence-corrected chi connectivity index (χ2v) is 8.07. The first-order valence-electron chi connectivity index (χ1n) is 8.04. The summed E-state index contributed by atoms with van der Waals surface area (Å²) in [6.45, 7) is 12.5. The number of rotatable bonds is 2. The molecule has 0 radical (unpaired) electrons. The minimum atomic E-state index is -0.318. The monoisotopic (exact) mass is 328 g/mol. The Hall–Kier alpha value is -2.23. The van der Waals surface area contributed by atoms with E-state index in [9.17, 15) is 9.50 Å². The molecule has 128 valence electrons. The van der Waals surface area contributed by atoms with Gasteiger partial charge in [0.2, 0.25) is 0 Å². The molecule has 0 heterocycles. The molecule has 0 bridgehead atoms. The highest BCUT2D eigenvalue weighted by Crippen LogP contribution is 2.42. The first-order chi connectivity index (χ1) is 11.0. The molecule has 0 amide bonds. The summed E-state index contributed by atoms with van der Waals surface area (Å²) in [4.78, 5) is 0. The maximum absolute atomic E-state index is 13.0. The molecule has 0 saturated heterocycles. The predicted molar refractivity (Wildman–Crippen MR) is 96.1 cm³/mol. The Morgan fingerprint density at radius 3 is 1.92 bits per heavy atom. The molecule has 0 fully saturated rings. The van der Waals surface area contributed by atoms with Gasteiger partial charge < -0.3 is 5.11 Å². The van der Waals surface area contributed by atoms with Crippen LogP contribution in [0.1, 0.15) is 52.7 Å². The number of hydrogen-bond donors (Lipinski definition) is 1. The number of phenols is 1. The van der Waals surface area contributed by atoms with Gasteiger partial charge in [-0.3, -0.25) is 0 Å². The van der Waals surface area contributed by atoms with Crippen molar-refractivity contribution >= 4 is 11.4 Å². The molecule has 2 aromatic rings. The summed E-state index contributed by atoms with van der Waals surface area (Å²) in [5, 5.41) is 19.0. The molecule has 0 aliphatic heterocycles. The van der Waals surface area contributed by atoms with E-state index < -0.39 is 0 Å². The van der Waals surface area contributed by atoms with Gasteiger partial charge in [-0.2, -0.15) is 5.11 Å². The van der Waals surface area contributed by atoms with Crippen LogP contribution in [0.3, 0.4) is 0 Å². The van der Waals surface area contributed by atoms with E-state index in [1.165, 1.54) is 12.1 Å². The Morgan fingerprint density at radius 2 is 1.42 bits per heavy atom. The molecular weight excluding hydrogens is 303 g/mol. The topological polar surface area (TPSA) is 45.0 Å². The maximum atomic E-state index is 13.0. The quantitative estimate of drug-likeness (QED) is 0.625. The second kappa shape index (κ2) is 6.34.